The number of nitro benzene ring substituents is 1. The second-order valence-electron chi connectivity index (χ2n) is 6.94. The SMILES string of the molecule is CC.CC.[2H]c1ccc2c(c1)C(c1ccccc1)(c1ccccc1)c1cc([N+](=O)[O-])ccc1-2. The van der Waals surface area contributed by atoms with E-state index >= 15 is 0 Å². The highest BCUT2D eigenvalue weighted by molar-refractivity contribution is 5.87. The van der Waals surface area contributed by atoms with Gasteiger partial charge in [0.05, 0.1) is 11.7 Å². The van der Waals surface area contributed by atoms with Gasteiger partial charge in [0.15, 0.2) is 0 Å². The molecule has 0 heterocycles. The van der Waals surface area contributed by atoms with Gasteiger partial charge in [-0.25, -0.2) is 0 Å². The number of rotatable bonds is 3. The number of hydrogen-bond acceptors (Lipinski definition) is 2. The Balaban J connectivity index is 0.000000728. The zero-order valence-corrected chi connectivity index (χ0v) is 19.0. The highest BCUT2D eigenvalue weighted by Gasteiger charge is 2.46. The summed E-state index contributed by atoms with van der Waals surface area (Å²) in [5.41, 5.74) is 5.25. The van der Waals surface area contributed by atoms with Gasteiger partial charge in [0.1, 0.15) is 0 Å². The fourth-order valence-corrected chi connectivity index (χ4v) is 4.48. The highest BCUT2D eigenvalue weighted by Crippen LogP contribution is 2.56. The molecule has 0 atom stereocenters. The van der Waals surface area contributed by atoms with Gasteiger partial charge in [-0.15, -0.1) is 0 Å². The first-order valence-corrected chi connectivity index (χ1v) is 11.1. The second kappa shape index (κ2) is 10.1. The Morgan fingerprint density at radius 1 is 0.688 bits per heavy atom. The summed E-state index contributed by atoms with van der Waals surface area (Å²) >= 11 is 0. The molecule has 0 saturated heterocycles. The molecule has 0 radical (unpaired) electrons. The zero-order valence-electron chi connectivity index (χ0n) is 20.0. The molecule has 3 heteroatoms. The van der Waals surface area contributed by atoms with Crippen LogP contribution >= 0.6 is 0 Å². The third kappa shape index (κ3) is 3.60. The fourth-order valence-electron chi connectivity index (χ4n) is 4.48. The van der Waals surface area contributed by atoms with E-state index < -0.39 is 5.41 Å². The lowest BCUT2D eigenvalue weighted by Gasteiger charge is -2.33. The van der Waals surface area contributed by atoms with Gasteiger partial charge >= 0.3 is 0 Å². The molecule has 0 aliphatic heterocycles. The molecule has 3 nitrogen and oxygen atoms in total. The summed E-state index contributed by atoms with van der Waals surface area (Å²) in [6.45, 7) is 8.00. The predicted octanol–water partition coefficient (Wildman–Crippen LogP) is 8.01. The normalized spacial score (nSPS) is 12.7. The molecular formula is C29H29NO2. The van der Waals surface area contributed by atoms with Crippen molar-refractivity contribution in [3.63, 3.8) is 0 Å². The molecule has 0 fully saturated rings. The van der Waals surface area contributed by atoms with Crippen LogP contribution in [0.25, 0.3) is 11.1 Å². The van der Waals surface area contributed by atoms with Gasteiger partial charge in [0.25, 0.3) is 5.69 Å². The number of fused-ring (bicyclic) bond motifs is 3. The van der Waals surface area contributed by atoms with Gasteiger partial charge in [0, 0.05) is 12.1 Å². The lowest BCUT2D eigenvalue weighted by atomic mass is 9.67. The summed E-state index contributed by atoms with van der Waals surface area (Å²) < 4.78 is 8.27. The Hall–Kier alpha value is -3.72. The molecule has 1 aliphatic carbocycles. The predicted molar refractivity (Wildman–Crippen MR) is 133 cm³/mol. The molecule has 162 valence electrons. The smallest absolute Gasteiger partial charge is 0.258 e. The van der Waals surface area contributed by atoms with Crippen LogP contribution in [0.4, 0.5) is 5.69 Å². The molecule has 0 amide bonds. The maximum atomic E-state index is 11.6. The summed E-state index contributed by atoms with van der Waals surface area (Å²) in [7, 11) is 0. The summed E-state index contributed by atoms with van der Waals surface area (Å²) in [6.07, 6.45) is 0. The monoisotopic (exact) mass is 424 g/mol. The second-order valence-corrected chi connectivity index (χ2v) is 6.94. The maximum Gasteiger partial charge on any atom is 0.269 e. The van der Waals surface area contributed by atoms with E-state index in [0.717, 1.165) is 33.4 Å². The lowest BCUT2D eigenvalue weighted by molar-refractivity contribution is -0.384. The maximum absolute atomic E-state index is 11.6. The van der Waals surface area contributed by atoms with E-state index in [1.54, 1.807) is 18.2 Å². The topological polar surface area (TPSA) is 43.1 Å². The number of benzene rings is 4. The molecule has 0 unspecified atom stereocenters. The van der Waals surface area contributed by atoms with E-state index in [9.17, 15) is 10.1 Å². The van der Waals surface area contributed by atoms with E-state index in [1.807, 2.05) is 82.3 Å². The van der Waals surface area contributed by atoms with Crippen LogP contribution in [0.5, 0.6) is 0 Å². The highest BCUT2D eigenvalue weighted by atomic mass is 16.6. The number of hydrogen-bond donors (Lipinski definition) is 0. The van der Waals surface area contributed by atoms with Crippen molar-refractivity contribution in [2.45, 2.75) is 33.1 Å². The molecule has 32 heavy (non-hydrogen) atoms. The van der Waals surface area contributed by atoms with Crippen molar-refractivity contribution >= 4 is 5.69 Å². The third-order valence-electron chi connectivity index (χ3n) is 5.59. The first kappa shape index (κ1) is 21.5. The van der Waals surface area contributed by atoms with Crippen molar-refractivity contribution in [3.05, 3.63) is 135 Å². The first-order chi connectivity index (χ1) is 16.1. The Kier molecular flexibility index (Phi) is 6.76. The van der Waals surface area contributed by atoms with Crippen LogP contribution in [-0.4, -0.2) is 4.92 Å². The molecule has 5 rings (SSSR count). The van der Waals surface area contributed by atoms with Crippen molar-refractivity contribution in [2.24, 2.45) is 0 Å². The summed E-state index contributed by atoms with van der Waals surface area (Å²) in [4.78, 5) is 11.2. The van der Waals surface area contributed by atoms with E-state index in [-0.39, 0.29) is 10.6 Å². The molecule has 0 bridgehead atoms. The van der Waals surface area contributed by atoms with Crippen molar-refractivity contribution in [1.29, 1.82) is 0 Å². The van der Waals surface area contributed by atoms with Crippen LogP contribution < -0.4 is 0 Å². The van der Waals surface area contributed by atoms with Gasteiger partial charge in [-0.05, 0) is 39.4 Å². The third-order valence-corrected chi connectivity index (χ3v) is 5.59. The molecule has 0 aromatic heterocycles. The average molecular weight is 425 g/mol. The number of nitrogens with zero attached hydrogens (tertiary/aromatic N) is 1. The van der Waals surface area contributed by atoms with E-state index in [2.05, 4.69) is 24.3 Å². The van der Waals surface area contributed by atoms with Crippen LogP contribution in [0.2, 0.25) is 0 Å². The minimum Gasteiger partial charge on any atom is -0.258 e. The van der Waals surface area contributed by atoms with Crippen molar-refractivity contribution in [1.82, 2.24) is 0 Å². The van der Waals surface area contributed by atoms with E-state index in [0.29, 0.717) is 6.04 Å². The molecule has 0 N–H and O–H groups in total. The number of nitro groups is 1. The summed E-state index contributed by atoms with van der Waals surface area (Å²) in [5.74, 6) is 0. The first-order valence-electron chi connectivity index (χ1n) is 11.6. The van der Waals surface area contributed by atoms with Gasteiger partial charge in [-0.1, -0.05) is 113 Å². The van der Waals surface area contributed by atoms with Gasteiger partial charge < -0.3 is 0 Å². The molecular weight excluding hydrogens is 394 g/mol. The van der Waals surface area contributed by atoms with Crippen LogP contribution in [0, 0.1) is 10.1 Å². The van der Waals surface area contributed by atoms with Gasteiger partial charge in [-0.3, -0.25) is 10.1 Å². The quantitative estimate of drug-likeness (QED) is 0.217. The van der Waals surface area contributed by atoms with Crippen LogP contribution in [-0.2, 0) is 5.41 Å². The minimum atomic E-state index is -0.712. The Labute approximate surface area is 191 Å². The Morgan fingerprint density at radius 3 is 1.75 bits per heavy atom. The average Bonchev–Trinajstić information content (AvgIpc) is 3.17. The Bertz CT molecular complexity index is 1200. The van der Waals surface area contributed by atoms with Crippen LogP contribution in [0.3, 0.4) is 0 Å². The standard InChI is InChI=1S/C25H17NO2.2C2H6/c27-26(28)20-15-16-22-21-13-7-8-14-23(21)25(24(22)17-20,18-9-3-1-4-10-18)19-11-5-2-6-12-19;2*1-2/h1-17H;2*1-2H3/i8D;;. The van der Waals surface area contributed by atoms with Gasteiger partial charge in [-0.2, -0.15) is 0 Å². The number of non-ortho nitro benzene ring substituents is 1. The lowest BCUT2D eigenvalue weighted by Crippen LogP contribution is -2.28. The van der Waals surface area contributed by atoms with E-state index in [4.69, 9.17) is 1.37 Å². The van der Waals surface area contributed by atoms with Crippen LogP contribution in [0.15, 0.2) is 103 Å². The Morgan fingerprint density at radius 2 is 1.22 bits per heavy atom. The molecule has 4 aromatic carbocycles. The van der Waals surface area contributed by atoms with Crippen molar-refractivity contribution in [3.8, 4) is 11.1 Å². The van der Waals surface area contributed by atoms with Crippen molar-refractivity contribution in [2.75, 3.05) is 0 Å². The van der Waals surface area contributed by atoms with Gasteiger partial charge in [0.2, 0.25) is 0 Å². The van der Waals surface area contributed by atoms with E-state index in [1.165, 1.54) is 0 Å². The minimum absolute atomic E-state index is 0.0684. The van der Waals surface area contributed by atoms with Crippen molar-refractivity contribution < 1.29 is 6.29 Å². The van der Waals surface area contributed by atoms with Crippen LogP contribution in [0.1, 0.15) is 51.3 Å². The molecule has 1 aliphatic rings. The molecule has 0 saturated carbocycles. The summed E-state index contributed by atoms with van der Waals surface area (Å²) in [5, 5.41) is 11.6. The molecule has 4 aromatic rings. The largest absolute Gasteiger partial charge is 0.269 e. The summed E-state index contributed by atoms with van der Waals surface area (Å²) in [6, 6.07) is 31.2. The molecule has 0 spiro atoms. The zero-order chi connectivity index (χ0) is 24.0. The fraction of sp³-hybridized carbons (Fsp3) is 0.172.